The van der Waals surface area contributed by atoms with Crippen molar-refractivity contribution >= 4 is 23.2 Å². The number of nitrogens with zero attached hydrogens (tertiary/aromatic N) is 2. The van der Waals surface area contributed by atoms with Crippen LogP contribution < -0.4 is 20.3 Å². The Kier molecular flexibility index (Phi) is 4.64. The van der Waals surface area contributed by atoms with Gasteiger partial charge >= 0.3 is 0 Å². The summed E-state index contributed by atoms with van der Waals surface area (Å²) in [5.41, 5.74) is 8.04. The van der Waals surface area contributed by atoms with Crippen LogP contribution >= 0.6 is 11.3 Å². The van der Waals surface area contributed by atoms with Crippen LogP contribution in [0.2, 0.25) is 0 Å². The summed E-state index contributed by atoms with van der Waals surface area (Å²) in [5.74, 6) is 1.60. The molecule has 2 aromatic heterocycles. The maximum atomic E-state index is 12.4. The molecule has 1 aliphatic rings. The summed E-state index contributed by atoms with van der Waals surface area (Å²) >= 11 is 1.40. The highest BCUT2D eigenvalue weighted by molar-refractivity contribution is 7.17. The van der Waals surface area contributed by atoms with Gasteiger partial charge in [0.2, 0.25) is 5.95 Å². The predicted molar refractivity (Wildman–Crippen MR) is 103 cm³/mol. The van der Waals surface area contributed by atoms with E-state index in [2.05, 4.69) is 20.8 Å². The number of rotatable bonds is 4. The highest BCUT2D eigenvalue weighted by atomic mass is 32.1. The highest BCUT2D eigenvalue weighted by Crippen LogP contribution is 2.36. The molecule has 1 aliphatic heterocycles. The van der Waals surface area contributed by atoms with E-state index in [0.717, 1.165) is 33.3 Å². The fraction of sp³-hybridized carbons (Fsp3) is 0.211. The Bertz CT molecular complexity index is 982. The molecular weight excluding hydrogens is 364 g/mol. The first-order valence-corrected chi connectivity index (χ1v) is 9.28. The molecule has 1 aromatic carbocycles. The van der Waals surface area contributed by atoms with Crippen molar-refractivity contribution in [2.24, 2.45) is 0 Å². The minimum absolute atomic E-state index is 0.244. The quantitative estimate of drug-likeness (QED) is 0.673. The Morgan fingerprint density at radius 3 is 2.52 bits per heavy atom. The number of hydrogen-bond donors (Lipinski definition) is 2. The minimum Gasteiger partial charge on any atom is -0.486 e. The molecule has 0 atom stereocenters. The van der Waals surface area contributed by atoms with Crippen molar-refractivity contribution in [3.63, 3.8) is 0 Å². The largest absolute Gasteiger partial charge is 0.486 e. The van der Waals surface area contributed by atoms with Crippen LogP contribution in [-0.4, -0.2) is 29.1 Å². The molecule has 8 heteroatoms. The summed E-state index contributed by atoms with van der Waals surface area (Å²) in [4.78, 5) is 22.4. The average molecular weight is 382 g/mol. The van der Waals surface area contributed by atoms with E-state index in [1.807, 2.05) is 44.2 Å². The lowest BCUT2D eigenvalue weighted by atomic mass is 10.1. The van der Waals surface area contributed by atoms with E-state index >= 15 is 0 Å². The van der Waals surface area contributed by atoms with Gasteiger partial charge in [0.25, 0.3) is 5.91 Å². The van der Waals surface area contributed by atoms with Crippen LogP contribution in [0.3, 0.4) is 0 Å². The maximum absolute atomic E-state index is 12.4. The molecule has 3 heterocycles. The molecule has 0 spiro atoms. The summed E-state index contributed by atoms with van der Waals surface area (Å²) in [5, 5.41) is 0. The summed E-state index contributed by atoms with van der Waals surface area (Å²) in [6.07, 6.45) is 0. The number of hydrogen-bond acceptors (Lipinski definition) is 7. The Labute approximate surface area is 160 Å². The summed E-state index contributed by atoms with van der Waals surface area (Å²) < 4.78 is 11.2. The van der Waals surface area contributed by atoms with E-state index in [9.17, 15) is 4.79 Å². The molecule has 0 aliphatic carbocycles. The van der Waals surface area contributed by atoms with Gasteiger partial charge in [0.1, 0.15) is 13.2 Å². The molecule has 3 aromatic rings. The first-order chi connectivity index (χ1) is 13.1. The summed E-state index contributed by atoms with van der Waals surface area (Å²) in [7, 11) is 0. The average Bonchev–Trinajstić information content (AvgIpc) is 3.15. The third-order valence-corrected chi connectivity index (χ3v) is 5.06. The lowest BCUT2D eigenvalue weighted by Crippen LogP contribution is -2.29. The molecule has 7 nitrogen and oxygen atoms in total. The third-order valence-electron chi connectivity index (χ3n) is 3.93. The number of carbonyl (C=O) groups is 1. The number of aryl methyl sites for hydroxylation is 2. The first kappa shape index (κ1) is 17.3. The van der Waals surface area contributed by atoms with Gasteiger partial charge in [0, 0.05) is 16.3 Å². The Morgan fingerprint density at radius 2 is 1.74 bits per heavy atom. The monoisotopic (exact) mass is 382 g/mol. The second kappa shape index (κ2) is 7.24. The number of carbonyl (C=O) groups excluding carboxylic acids is 1. The van der Waals surface area contributed by atoms with Crippen molar-refractivity contribution in [3.8, 4) is 21.9 Å². The van der Waals surface area contributed by atoms with Crippen LogP contribution in [0.15, 0.2) is 36.4 Å². The molecule has 138 valence electrons. The summed E-state index contributed by atoms with van der Waals surface area (Å²) in [6.45, 7) is 4.86. The second-order valence-corrected chi connectivity index (χ2v) is 7.16. The van der Waals surface area contributed by atoms with Gasteiger partial charge in [-0.1, -0.05) is 0 Å². The smallest absolute Gasteiger partial charge is 0.279 e. The van der Waals surface area contributed by atoms with E-state index in [1.165, 1.54) is 11.3 Å². The van der Waals surface area contributed by atoms with E-state index in [1.54, 1.807) is 6.07 Å². The van der Waals surface area contributed by atoms with Crippen molar-refractivity contribution in [3.05, 3.63) is 52.7 Å². The lowest BCUT2D eigenvalue weighted by Gasteiger charge is -2.18. The molecule has 0 fully saturated rings. The number of ether oxygens (including phenoxy) is 2. The SMILES string of the molecule is Cc1cc(C)nc(NNC(=O)c2ccc(-c3ccc4c(c3)OCCO4)s2)n1. The minimum atomic E-state index is -0.244. The van der Waals surface area contributed by atoms with Crippen LogP contribution in [0.1, 0.15) is 21.1 Å². The molecular formula is C19H18N4O3S. The van der Waals surface area contributed by atoms with Gasteiger partial charge in [0.15, 0.2) is 11.5 Å². The number of amides is 1. The highest BCUT2D eigenvalue weighted by Gasteiger charge is 2.15. The van der Waals surface area contributed by atoms with Gasteiger partial charge in [-0.3, -0.25) is 15.6 Å². The van der Waals surface area contributed by atoms with Gasteiger partial charge in [-0.25, -0.2) is 9.97 Å². The van der Waals surface area contributed by atoms with Crippen molar-refractivity contribution in [1.82, 2.24) is 15.4 Å². The topological polar surface area (TPSA) is 85.4 Å². The first-order valence-electron chi connectivity index (χ1n) is 8.47. The fourth-order valence-electron chi connectivity index (χ4n) is 2.77. The molecule has 0 saturated carbocycles. The number of nitrogens with one attached hydrogen (secondary N) is 2. The zero-order chi connectivity index (χ0) is 18.8. The lowest BCUT2D eigenvalue weighted by molar-refractivity contribution is 0.0966. The van der Waals surface area contributed by atoms with E-state index in [4.69, 9.17) is 9.47 Å². The van der Waals surface area contributed by atoms with Gasteiger partial charge in [-0.05, 0) is 55.8 Å². The van der Waals surface area contributed by atoms with Gasteiger partial charge < -0.3 is 9.47 Å². The van der Waals surface area contributed by atoms with Gasteiger partial charge in [-0.2, -0.15) is 0 Å². The maximum Gasteiger partial charge on any atom is 0.279 e. The number of fused-ring (bicyclic) bond motifs is 1. The van der Waals surface area contributed by atoms with Crippen LogP contribution in [0.5, 0.6) is 11.5 Å². The van der Waals surface area contributed by atoms with Crippen molar-refractivity contribution in [1.29, 1.82) is 0 Å². The van der Waals surface area contributed by atoms with Crippen molar-refractivity contribution in [2.45, 2.75) is 13.8 Å². The van der Waals surface area contributed by atoms with E-state index < -0.39 is 0 Å². The van der Waals surface area contributed by atoms with Crippen LogP contribution in [0.25, 0.3) is 10.4 Å². The van der Waals surface area contributed by atoms with Crippen LogP contribution in [-0.2, 0) is 0 Å². The third kappa shape index (κ3) is 3.85. The molecule has 4 rings (SSSR count). The number of thiophene rings is 1. The second-order valence-electron chi connectivity index (χ2n) is 6.08. The summed E-state index contributed by atoms with van der Waals surface area (Å²) in [6, 6.07) is 11.4. The predicted octanol–water partition coefficient (Wildman–Crippen LogP) is 3.35. The molecule has 2 N–H and O–H groups in total. The molecule has 27 heavy (non-hydrogen) atoms. The van der Waals surface area contributed by atoms with Gasteiger partial charge in [0.05, 0.1) is 4.88 Å². The number of anilines is 1. The van der Waals surface area contributed by atoms with Crippen LogP contribution in [0, 0.1) is 13.8 Å². The fourth-order valence-corrected chi connectivity index (χ4v) is 3.67. The Balaban J connectivity index is 1.46. The van der Waals surface area contributed by atoms with Crippen LogP contribution in [0.4, 0.5) is 5.95 Å². The normalized spacial score (nSPS) is 12.5. The molecule has 0 unspecified atom stereocenters. The zero-order valence-corrected chi connectivity index (χ0v) is 15.7. The van der Waals surface area contributed by atoms with Crippen molar-refractivity contribution in [2.75, 3.05) is 18.6 Å². The van der Waals surface area contributed by atoms with Crippen molar-refractivity contribution < 1.29 is 14.3 Å². The van der Waals surface area contributed by atoms with E-state index in [-0.39, 0.29) is 5.91 Å². The van der Waals surface area contributed by atoms with E-state index in [0.29, 0.717) is 24.0 Å². The van der Waals surface area contributed by atoms with Gasteiger partial charge in [-0.15, -0.1) is 11.3 Å². The number of hydrazine groups is 1. The molecule has 1 amide bonds. The molecule has 0 saturated heterocycles. The zero-order valence-electron chi connectivity index (χ0n) is 14.9. The number of benzene rings is 1. The molecule has 0 radical (unpaired) electrons. The number of aromatic nitrogens is 2. The standard InChI is InChI=1S/C19H18N4O3S/c1-11-9-12(2)21-19(20-11)23-22-18(24)17-6-5-16(27-17)13-3-4-14-15(10-13)26-8-7-25-14/h3-6,9-10H,7-8H2,1-2H3,(H,22,24)(H,20,21,23). The Hall–Kier alpha value is -3.13. The molecule has 0 bridgehead atoms. The Morgan fingerprint density at radius 1 is 1.00 bits per heavy atom.